The zero-order valence-electron chi connectivity index (χ0n) is 13.1. The Labute approximate surface area is 130 Å². The summed E-state index contributed by atoms with van der Waals surface area (Å²) in [5.74, 6) is 1.30. The average molecular weight is 299 g/mol. The minimum Gasteiger partial charge on any atom is -0.493 e. The Hall–Kier alpha value is -1.97. The number of fused-ring (bicyclic) bond motifs is 4. The van der Waals surface area contributed by atoms with E-state index in [1.807, 2.05) is 17.0 Å². The molecular weight excluding hydrogens is 278 g/mol. The van der Waals surface area contributed by atoms with Gasteiger partial charge in [0, 0.05) is 6.54 Å². The van der Waals surface area contributed by atoms with Gasteiger partial charge in [0.05, 0.1) is 25.8 Å². The number of amides is 1. The lowest BCUT2D eigenvalue weighted by Crippen LogP contribution is -2.35. The third kappa shape index (κ3) is 1.73. The molecule has 1 aromatic rings. The van der Waals surface area contributed by atoms with Crippen molar-refractivity contribution in [2.24, 2.45) is 0 Å². The Morgan fingerprint density at radius 1 is 1.09 bits per heavy atom. The highest BCUT2D eigenvalue weighted by atomic mass is 16.5. The normalized spacial score (nSPS) is 23.1. The summed E-state index contributed by atoms with van der Waals surface area (Å²) in [5.41, 5.74) is 4.86. The van der Waals surface area contributed by atoms with E-state index in [-0.39, 0.29) is 11.9 Å². The van der Waals surface area contributed by atoms with Crippen LogP contribution in [0.4, 0.5) is 0 Å². The van der Waals surface area contributed by atoms with Crippen molar-refractivity contribution < 1.29 is 14.3 Å². The van der Waals surface area contributed by atoms with E-state index in [0.29, 0.717) is 17.1 Å². The minimum absolute atomic E-state index is 0.0906. The molecule has 0 fully saturated rings. The molecule has 0 aromatic heterocycles. The fraction of sp³-hybridized carbons (Fsp3) is 0.500. The topological polar surface area (TPSA) is 38.8 Å². The number of hydrogen-bond donors (Lipinski definition) is 0. The van der Waals surface area contributed by atoms with E-state index < -0.39 is 0 Å². The summed E-state index contributed by atoms with van der Waals surface area (Å²) >= 11 is 0. The SMILES string of the molecule is COc1ccc2c(c1OC)C(=O)N1CCC3=C(CCCC3)[C@H]21. The first-order chi connectivity index (χ1) is 10.8. The van der Waals surface area contributed by atoms with Crippen LogP contribution in [0.15, 0.2) is 23.3 Å². The van der Waals surface area contributed by atoms with Gasteiger partial charge in [0.15, 0.2) is 11.5 Å². The van der Waals surface area contributed by atoms with Crippen LogP contribution in [0.25, 0.3) is 0 Å². The van der Waals surface area contributed by atoms with Crippen molar-refractivity contribution in [2.75, 3.05) is 20.8 Å². The number of rotatable bonds is 2. The van der Waals surface area contributed by atoms with Crippen molar-refractivity contribution in [2.45, 2.75) is 38.1 Å². The van der Waals surface area contributed by atoms with Gasteiger partial charge < -0.3 is 14.4 Å². The van der Waals surface area contributed by atoms with Gasteiger partial charge in [0.2, 0.25) is 0 Å². The van der Waals surface area contributed by atoms with E-state index in [9.17, 15) is 4.79 Å². The maximum atomic E-state index is 12.9. The molecule has 2 aliphatic heterocycles. The van der Waals surface area contributed by atoms with Crippen LogP contribution in [0.2, 0.25) is 0 Å². The van der Waals surface area contributed by atoms with Gasteiger partial charge in [-0.05, 0) is 49.3 Å². The quantitative estimate of drug-likeness (QED) is 0.785. The van der Waals surface area contributed by atoms with Gasteiger partial charge in [-0.2, -0.15) is 0 Å². The third-order valence-corrected chi connectivity index (χ3v) is 5.27. The predicted molar refractivity (Wildman–Crippen MR) is 83.4 cm³/mol. The second-order valence-corrected chi connectivity index (χ2v) is 6.25. The van der Waals surface area contributed by atoms with Gasteiger partial charge in [0.25, 0.3) is 5.91 Å². The van der Waals surface area contributed by atoms with Crippen LogP contribution in [-0.4, -0.2) is 31.6 Å². The van der Waals surface area contributed by atoms with E-state index in [4.69, 9.17) is 9.47 Å². The largest absolute Gasteiger partial charge is 0.493 e. The van der Waals surface area contributed by atoms with Gasteiger partial charge in [-0.15, -0.1) is 0 Å². The fourth-order valence-corrected chi connectivity index (χ4v) is 4.29. The zero-order chi connectivity index (χ0) is 15.3. The molecule has 0 N–H and O–H groups in total. The molecule has 2 heterocycles. The Morgan fingerprint density at radius 2 is 1.91 bits per heavy atom. The lowest BCUT2D eigenvalue weighted by molar-refractivity contribution is 0.0729. The van der Waals surface area contributed by atoms with E-state index in [2.05, 4.69) is 0 Å². The Kier molecular flexibility index (Phi) is 3.13. The summed E-state index contributed by atoms with van der Waals surface area (Å²) in [7, 11) is 3.22. The Morgan fingerprint density at radius 3 is 2.68 bits per heavy atom. The molecule has 116 valence electrons. The Balaban J connectivity index is 1.90. The molecule has 0 spiro atoms. The number of hydrogen-bond acceptors (Lipinski definition) is 3. The van der Waals surface area contributed by atoms with Crippen molar-refractivity contribution in [3.05, 3.63) is 34.4 Å². The molecule has 0 bridgehead atoms. The number of benzene rings is 1. The van der Waals surface area contributed by atoms with Crippen LogP contribution in [0, 0.1) is 0 Å². The molecule has 0 radical (unpaired) electrons. The summed E-state index contributed by atoms with van der Waals surface area (Å²) < 4.78 is 10.9. The number of nitrogens with zero attached hydrogens (tertiary/aromatic N) is 1. The molecule has 1 aliphatic carbocycles. The second kappa shape index (κ2) is 5.04. The fourth-order valence-electron chi connectivity index (χ4n) is 4.29. The summed E-state index contributed by atoms with van der Waals surface area (Å²) in [6, 6.07) is 4.10. The number of ether oxygens (including phenoxy) is 2. The Bertz CT molecular complexity index is 677. The molecule has 0 unspecified atom stereocenters. The van der Waals surface area contributed by atoms with Crippen molar-refractivity contribution in [1.82, 2.24) is 4.90 Å². The van der Waals surface area contributed by atoms with Crippen LogP contribution < -0.4 is 9.47 Å². The number of methoxy groups -OCH3 is 2. The van der Waals surface area contributed by atoms with E-state index in [1.165, 1.54) is 24.8 Å². The van der Waals surface area contributed by atoms with Crippen LogP contribution in [0.1, 0.15) is 54.1 Å². The van der Waals surface area contributed by atoms with Gasteiger partial charge in [0.1, 0.15) is 0 Å². The van der Waals surface area contributed by atoms with Crippen LogP contribution in [0.3, 0.4) is 0 Å². The number of carbonyl (C=O) groups is 1. The molecule has 1 atom stereocenters. The molecule has 3 aliphatic rings. The van der Waals surface area contributed by atoms with Crippen molar-refractivity contribution in [3.63, 3.8) is 0 Å². The molecule has 0 saturated heterocycles. The second-order valence-electron chi connectivity index (χ2n) is 6.25. The van der Waals surface area contributed by atoms with Gasteiger partial charge in [-0.1, -0.05) is 11.6 Å². The summed E-state index contributed by atoms with van der Waals surface area (Å²) in [4.78, 5) is 14.9. The monoisotopic (exact) mass is 299 g/mol. The standard InChI is InChI=1S/C18H21NO3/c1-21-14-8-7-13-15(17(14)22-2)18(20)19-10-9-11-5-3-4-6-12(11)16(13)19/h7-8,16H,3-6,9-10H2,1-2H3/t16-/m1/s1. The maximum Gasteiger partial charge on any atom is 0.258 e. The van der Waals surface area contributed by atoms with E-state index in [0.717, 1.165) is 24.9 Å². The van der Waals surface area contributed by atoms with Crippen LogP contribution >= 0.6 is 0 Å². The molecule has 22 heavy (non-hydrogen) atoms. The summed E-state index contributed by atoms with van der Waals surface area (Å²) in [6.07, 6.45) is 5.89. The van der Waals surface area contributed by atoms with Crippen LogP contribution in [-0.2, 0) is 0 Å². The van der Waals surface area contributed by atoms with Gasteiger partial charge in [-0.3, -0.25) is 4.79 Å². The van der Waals surface area contributed by atoms with E-state index >= 15 is 0 Å². The lowest BCUT2D eigenvalue weighted by atomic mass is 9.81. The highest BCUT2D eigenvalue weighted by Gasteiger charge is 2.44. The van der Waals surface area contributed by atoms with Gasteiger partial charge in [-0.25, -0.2) is 0 Å². The highest BCUT2D eigenvalue weighted by molar-refractivity contribution is 6.03. The molecule has 1 amide bonds. The number of carbonyl (C=O) groups excluding carboxylic acids is 1. The molecule has 4 nitrogen and oxygen atoms in total. The van der Waals surface area contributed by atoms with E-state index in [1.54, 1.807) is 19.8 Å². The van der Waals surface area contributed by atoms with Crippen molar-refractivity contribution >= 4 is 5.91 Å². The predicted octanol–water partition coefficient (Wildman–Crippen LogP) is 3.48. The third-order valence-electron chi connectivity index (χ3n) is 5.27. The summed E-state index contributed by atoms with van der Waals surface area (Å²) in [5, 5.41) is 0. The molecule has 4 heteroatoms. The average Bonchev–Trinajstić information content (AvgIpc) is 2.87. The van der Waals surface area contributed by atoms with Crippen molar-refractivity contribution in [1.29, 1.82) is 0 Å². The highest BCUT2D eigenvalue weighted by Crippen LogP contribution is 2.51. The lowest BCUT2D eigenvalue weighted by Gasteiger charge is -2.37. The van der Waals surface area contributed by atoms with Crippen molar-refractivity contribution in [3.8, 4) is 11.5 Å². The van der Waals surface area contributed by atoms with Crippen LogP contribution in [0.5, 0.6) is 11.5 Å². The minimum atomic E-state index is 0.0906. The summed E-state index contributed by atoms with van der Waals surface area (Å²) in [6.45, 7) is 0.822. The molecule has 1 aromatic carbocycles. The molecule has 0 saturated carbocycles. The first-order valence-electron chi connectivity index (χ1n) is 8.03. The van der Waals surface area contributed by atoms with Gasteiger partial charge >= 0.3 is 0 Å². The molecule has 4 rings (SSSR count). The zero-order valence-corrected chi connectivity index (χ0v) is 13.1. The smallest absolute Gasteiger partial charge is 0.258 e. The first-order valence-corrected chi connectivity index (χ1v) is 8.03. The molecular formula is C18H21NO3. The first kappa shape index (κ1) is 13.7. The maximum absolute atomic E-state index is 12.9.